The fourth-order valence-electron chi connectivity index (χ4n) is 14.4. The summed E-state index contributed by atoms with van der Waals surface area (Å²) in [6.07, 6.45) is 4.68. The lowest BCUT2D eigenvalue weighted by atomic mass is 9.33. The number of fused-ring (bicyclic) bond motifs is 13. The van der Waals surface area contributed by atoms with Gasteiger partial charge in [0.25, 0.3) is 6.71 Å². The number of anilines is 8. The number of nitrogens with zero attached hydrogens (tertiary/aromatic N) is 3. The summed E-state index contributed by atoms with van der Waals surface area (Å²) in [5, 5.41) is 4.43. The molecule has 0 spiro atoms. The zero-order chi connectivity index (χ0) is 49.7. The molecule has 16 rings (SSSR count). The van der Waals surface area contributed by atoms with Crippen LogP contribution < -0.4 is 31.1 Å². The molecule has 12 aromatic rings. The summed E-state index contributed by atoms with van der Waals surface area (Å²) in [6.45, 7) is 7.27. The summed E-state index contributed by atoms with van der Waals surface area (Å²) in [4.78, 5) is 7.84. The minimum atomic E-state index is -0.152. The molecular formula is C69H52BN3O2. The van der Waals surface area contributed by atoms with Crippen molar-refractivity contribution in [2.75, 3.05) is 14.7 Å². The normalized spacial score (nSPS) is 18.4. The molecule has 0 radical (unpaired) electrons. The molecule has 1 fully saturated rings. The maximum atomic E-state index is 7.03. The van der Waals surface area contributed by atoms with E-state index in [2.05, 4.69) is 248 Å². The van der Waals surface area contributed by atoms with Gasteiger partial charge in [0.1, 0.15) is 16.7 Å². The predicted molar refractivity (Wildman–Crippen MR) is 313 cm³/mol. The zero-order valence-corrected chi connectivity index (χ0v) is 42.3. The van der Waals surface area contributed by atoms with Gasteiger partial charge in [0.05, 0.1) is 22.3 Å². The molecule has 3 aliphatic heterocycles. The number of hydrogen-bond acceptors (Lipinski definition) is 5. The van der Waals surface area contributed by atoms with Crippen LogP contribution in [-0.2, 0) is 5.41 Å². The smallest absolute Gasteiger partial charge is 0.252 e. The highest BCUT2D eigenvalue weighted by atomic mass is 16.3. The van der Waals surface area contributed by atoms with Crippen molar-refractivity contribution in [1.29, 1.82) is 0 Å². The Hall–Kier alpha value is -8.74. The van der Waals surface area contributed by atoms with Crippen LogP contribution in [0, 0.1) is 6.92 Å². The van der Waals surface area contributed by atoms with E-state index in [1.165, 1.54) is 85.4 Å². The lowest BCUT2D eigenvalue weighted by molar-refractivity contribution is 0.195. The van der Waals surface area contributed by atoms with Gasteiger partial charge in [-0.05, 0) is 149 Å². The number of rotatable bonds is 5. The third-order valence-electron chi connectivity index (χ3n) is 18.0. The average Bonchev–Trinajstić information content (AvgIpc) is 4.16. The number of hydrogen-bond donors (Lipinski definition) is 0. The number of furan rings is 2. The van der Waals surface area contributed by atoms with Crippen LogP contribution in [-0.4, -0.2) is 12.3 Å². The van der Waals surface area contributed by atoms with Gasteiger partial charge < -0.3 is 23.5 Å². The lowest BCUT2D eigenvalue weighted by Gasteiger charge is -2.50. The van der Waals surface area contributed by atoms with Crippen LogP contribution in [0.3, 0.4) is 0 Å². The topological polar surface area (TPSA) is 36.0 Å². The number of para-hydroxylation sites is 3. The summed E-state index contributed by atoms with van der Waals surface area (Å²) in [7, 11) is 0. The molecule has 2 unspecified atom stereocenters. The highest BCUT2D eigenvalue weighted by Crippen LogP contribution is 2.62. The monoisotopic (exact) mass is 965 g/mol. The maximum Gasteiger partial charge on any atom is 0.252 e. The SMILES string of the molecule is Cc1cc2c3c(c1)N(c1cccc4oc5ccccc5c14)c1cc(-c4ccccc4)ccc1B3c1ccc(N3c4ccc(-c5ccccc5)cc4C4(C)CCCCC34C)cc1N2c1cccc2c1oc1ccccc12. The Kier molecular flexibility index (Phi) is 8.91. The van der Waals surface area contributed by atoms with E-state index in [9.17, 15) is 0 Å². The van der Waals surface area contributed by atoms with E-state index in [4.69, 9.17) is 8.83 Å². The van der Waals surface area contributed by atoms with Gasteiger partial charge in [-0.3, -0.25) is 0 Å². The van der Waals surface area contributed by atoms with Crippen LogP contribution >= 0.6 is 0 Å². The van der Waals surface area contributed by atoms with Gasteiger partial charge in [-0.1, -0.05) is 159 Å². The summed E-state index contributed by atoms with van der Waals surface area (Å²) in [6, 6.07) is 78.7. The van der Waals surface area contributed by atoms with Crippen LogP contribution in [0.2, 0.25) is 0 Å². The van der Waals surface area contributed by atoms with Crippen LogP contribution in [0.4, 0.5) is 45.5 Å². The van der Waals surface area contributed by atoms with Crippen LogP contribution in [0.5, 0.6) is 0 Å². The molecule has 2 aromatic heterocycles. The van der Waals surface area contributed by atoms with Crippen LogP contribution in [0.25, 0.3) is 66.1 Å². The molecule has 1 saturated carbocycles. The average molecular weight is 966 g/mol. The lowest BCUT2D eigenvalue weighted by Crippen LogP contribution is -2.61. The molecule has 358 valence electrons. The molecule has 5 nitrogen and oxygen atoms in total. The Morgan fingerprint density at radius 3 is 1.79 bits per heavy atom. The zero-order valence-electron chi connectivity index (χ0n) is 42.3. The van der Waals surface area contributed by atoms with Crippen molar-refractivity contribution in [1.82, 2.24) is 0 Å². The van der Waals surface area contributed by atoms with Crippen molar-refractivity contribution in [3.05, 3.63) is 223 Å². The number of benzene rings is 10. The van der Waals surface area contributed by atoms with Crippen molar-refractivity contribution in [3.8, 4) is 22.3 Å². The molecule has 0 amide bonds. The first-order valence-electron chi connectivity index (χ1n) is 26.7. The molecule has 5 heterocycles. The van der Waals surface area contributed by atoms with E-state index in [1.807, 2.05) is 0 Å². The minimum Gasteiger partial charge on any atom is -0.456 e. The predicted octanol–water partition coefficient (Wildman–Crippen LogP) is 17.0. The van der Waals surface area contributed by atoms with Crippen molar-refractivity contribution in [2.45, 2.75) is 57.4 Å². The highest BCUT2D eigenvalue weighted by Gasteiger charge is 2.58. The molecule has 4 aliphatic rings. The molecule has 2 atom stereocenters. The van der Waals surface area contributed by atoms with E-state index in [0.717, 1.165) is 79.5 Å². The van der Waals surface area contributed by atoms with E-state index >= 15 is 0 Å². The Bertz CT molecular complexity index is 4350. The fourth-order valence-corrected chi connectivity index (χ4v) is 14.4. The second kappa shape index (κ2) is 15.6. The van der Waals surface area contributed by atoms with E-state index in [-0.39, 0.29) is 17.7 Å². The van der Waals surface area contributed by atoms with Gasteiger partial charge in [0.15, 0.2) is 5.58 Å². The first-order chi connectivity index (χ1) is 36.8. The summed E-state index contributed by atoms with van der Waals surface area (Å²) >= 11 is 0. The van der Waals surface area contributed by atoms with Gasteiger partial charge >= 0.3 is 0 Å². The van der Waals surface area contributed by atoms with Crippen molar-refractivity contribution in [2.24, 2.45) is 0 Å². The molecule has 1 aliphatic carbocycles. The summed E-state index contributed by atoms with van der Waals surface area (Å²) in [5.41, 5.74) is 23.9. The maximum absolute atomic E-state index is 7.03. The fraction of sp³-hybridized carbons (Fsp3) is 0.130. The van der Waals surface area contributed by atoms with Crippen LogP contribution in [0.15, 0.2) is 221 Å². The minimum absolute atomic E-state index is 0.0507. The Labute approximate surface area is 437 Å². The third-order valence-corrected chi connectivity index (χ3v) is 18.0. The largest absolute Gasteiger partial charge is 0.456 e. The second-order valence-corrected chi connectivity index (χ2v) is 22.0. The van der Waals surface area contributed by atoms with Crippen molar-refractivity contribution < 1.29 is 8.83 Å². The van der Waals surface area contributed by atoms with Gasteiger partial charge in [-0.25, -0.2) is 0 Å². The van der Waals surface area contributed by atoms with Gasteiger partial charge in [-0.15, -0.1) is 0 Å². The number of aryl methyl sites for hydroxylation is 1. The molecular weight excluding hydrogens is 914 g/mol. The van der Waals surface area contributed by atoms with Crippen molar-refractivity contribution in [3.63, 3.8) is 0 Å². The van der Waals surface area contributed by atoms with Gasteiger partial charge in [0.2, 0.25) is 0 Å². The van der Waals surface area contributed by atoms with Gasteiger partial charge in [-0.2, -0.15) is 0 Å². The Morgan fingerprint density at radius 2 is 1.01 bits per heavy atom. The van der Waals surface area contributed by atoms with Gasteiger partial charge in [0, 0.05) is 55.7 Å². The first-order valence-corrected chi connectivity index (χ1v) is 26.7. The summed E-state index contributed by atoms with van der Waals surface area (Å²) in [5.74, 6) is 0. The first kappa shape index (κ1) is 42.7. The second-order valence-electron chi connectivity index (χ2n) is 22.0. The molecule has 0 bridgehead atoms. The molecule has 0 N–H and O–H groups in total. The van der Waals surface area contributed by atoms with E-state index in [0.29, 0.717) is 0 Å². The Morgan fingerprint density at radius 1 is 0.427 bits per heavy atom. The Balaban J connectivity index is 0.985. The van der Waals surface area contributed by atoms with Crippen molar-refractivity contribution >= 4 is 112 Å². The molecule has 6 heteroatoms. The van der Waals surface area contributed by atoms with E-state index < -0.39 is 0 Å². The summed E-state index contributed by atoms with van der Waals surface area (Å²) < 4.78 is 13.7. The molecule has 10 aromatic carbocycles. The third kappa shape index (κ3) is 5.91. The highest BCUT2D eigenvalue weighted by molar-refractivity contribution is 7.00. The van der Waals surface area contributed by atoms with Crippen LogP contribution in [0.1, 0.15) is 50.7 Å². The quantitative estimate of drug-likeness (QED) is 0.161. The molecule has 75 heavy (non-hydrogen) atoms. The van der Waals surface area contributed by atoms with E-state index in [1.54, 1.807) is 0 Å². The molecule has 0 saturated heterocycles. The standard InChI is InChI=1S/C69H52BN3O2/c1-43-38-60-66-61(39-43)72(57-26-16-24-50-49-22-10-12-27-62(49)75-67(50)57)59-42-48(73-55-35-31-46(44-18-6-4-7-19-44)40-52(55)68(2)36-14-15-37-69(68,73)3)32-34-54(59)70(66)53-33-30-47(45-20-8-5-9-21-45)41-58(53)71(60)56-25-17-29-64-65(56)51-23-11-13-28-63(51)74-64/h4-13,16-35,38-42H,14-15,36-37H2,1-3H3.